The molecule has 5 rings (SSSR count). The minimum atomic E-state index is -5.17. The second-order valence-corrected chi connectivity index (χ2v) is 15.6. The Morgan fingerprint density at radius 1 is 1.12 bits per heavy atom. The number of benzene rings is 2. The van der Waals surface area contributed by atoms with Gasteiger partial charge in [-0.3, -0.25) is 5.32 Å². The molecule has 0 spiro atoms. The van der Waals surface area contributed by atoms with Gasteiger partial charge >= 0.3 is 18.4 Å². The number of ether oxygens (including phenoxy) is 2. The second kappa shape index (κ2) is 13.8. The first kappa shape index (κ1) is 38.7. The molecule has 17 heteroatoms. The summed E-state index contributed by atoms with van der Waals surface area (Å²) in [6.45, 7) is 14.0. The lowest BCUT2D eigenvalue weighted by Gasteiger charge is -2.35. The van der Waals surface area contributed by atoms with Crippen molar-refractivity contribution >= 4 is 66.9 Å². The molecule has 2 amide bonds. The van der Waals surface area contributed by atoms with Crippen LogP contribution in [0.25, 0.3) is 32.1 Å². The highest BCUT2D eigenvalue weighted by Gasteiger charge is 2.42. The highest BCUT2D eigenvalue weighted by atomic mass is 35.5. The molecule has 0 radical (unpaired) electrons. The highest BCUT2D eigenvalue weighted by Crippen LogP contribution is 2.49. The molecule has 0 unspecified atom stereocenters. The molecule has 1 saturated heterocycles. The summed E-state index contributed by atoms with van der Waals surface area (Å²) >= 11 is 6.90. The Hall–Kier alpha value is -4.49. The largest absolute Gasteiger partial charge is 0.444 e. The van der Waals surface area contributed by atoms with Gasteiger partial charge < -0.3 is 19.3 Å². The zero-order valence-electron chi connectivity index (χ0n) is 29.6. The molecule has 0 aliphatic carbocycles. The van der Waals surface area contributed by atoms with E-state index in [2.05, 4.69) is 15.3 Å². The van der Waals surface area contributed by atoms with E-state index in [0.29, 0.717) is 23.8 Å². The number of nitriles is 1. The molecular weight excluding hydrogens is 731 g/mol. The number of alkyl halides is 3. The van der Waals surface area contributed by atoms with Crippen LogP contribution in [0.3, 0.4) is 0 Å². The normalized spacial score (nSPS) is 16.7. The quantitative estimate of drug-likeness (QED) is 0.157. The molecule has 1 aliphatic rings. The topological polar surface area (TPSA) is 121 Å². The summed E-state index contributed by atoms with van der Waals surface area (Å²) in [5.74, 6) is -2.44. The van der Waals surface area contributed by atoms with Crippen molar-refractivity contribution < 1.29 is 41.0 Å². The number of nitrogens with zero attached hydrogens (tertiary/aromatic N) is 5. The van der Waals surface area contributed by atoms with Crippen molar-refractivity contribution in [3.05, 3.63) is 46.2 Å². The van der Waals surface area contributed by atoms with Gasteiger partial charge in [-0.2, -0.15) is 23.4 Å². The fraction of sp³-hybridized carbons (Fsp3) is 0.457. The van der Waals surface area contributed by atoms with Crippen molar-refractivity contribution in [1.29, 1.82) is 5.26 Å². The van der Waals surface area contributed by atoms with Crippen molar-refractivity contribution in [2.45, 2.75) is 91.3 Å². The summed E-state index contributed by atoms with van der Waals surface area (Å²) in [5, 5.41) is 11.2. The van der Waals surface area contributed by atoms with Crippen LogP contribution >= 0.6 is 22.9 Å². The number of fused-ring (bicyclic) bond motifs is 2. The summed E-state index contributed by atoms with van der Waals surface area (Å²) in [6, 6.07) is 3.37. The van der Waals surface area contributed by atoms with E-state index in [1.807, 2.05) is 6.07 Å². The first-order valence-electron chi connectivity index (χ1n) is 16.2. The average Bonchev–Trinajstić information content (AvgIpc) is 3.56. The predicted octanol–water partition coefficient (Wildman–Crippen LogP) is 9.90. The Bertz CT molecular complexity index is 2120. The zero-order chi connectivity index (χ0) is 38.7. The molecule has 10 nitrogen and oxygen atoms in total. The van der Waals surface area contributed by atoms with Crippen molar-refractivity contribution in [3.63, 3.8) is 0 Å². The van der Waals surface area contributed by atoms with E-state index >= 15 is 22.0 Å². The van der Waals surface area contributed by atoms with Crippen LogP contribution in [-0.4, -0.2) is 63.4 Å². The minimum Gasteiger partial charge on any atom is -0.444 e. The van der Waals surface area contributed by atoms with Crippen molar-refractivity contribution in [2.24, 2.45) is 0 Å². The molecule has 1 aliphatic heterocycles. The van der Waals surface area contributed by atoms with Gasteiger partial charge in [0.25, 0.3) is 0 Å². The van der Waals surface area contributed by atoms with Gasteiger partial charge in [-0.15, -0.1) is 11.3 Å². The fourth-order valence-corrected chi connectivity index (χ4v) is 7.55. The first-order chi connectivity index (χ1) is 24.1. The monoisotopic (exact) mass is 766 g/mol. The van der Waals surface area contributed by atoms with Gasteiger partial charge in [0.05, 0.1) is 27.9 Å². The number of hydrogen-bond acceptors (Lipinski definition) is 9. The van der Waals surface area contributed by atoms with Gasteiger partial charge in [-0.25, -0.2) is 23.4 Å². The van der Waals surface area contributed by atoms with Gasteiger partial charge in [0.1, 0.15) is 39.4 Å². The number of halogens is 6. The maximum atomic E-state index is 16.9. The zero-order valence-corrected chi connectivity index (χ0v) is 31.1. The summed E-state index contributed by atoms with van der Waals surface area (Å²) in [5.41, 5.74) is -5.56. The molecule has 2 atom stereocenters. The van der Waals surface area contributed by atoms with E-state index < -0.39 is 86.3 Å². The van der Waals surface area contributed by atoms with Crippen LogP contribution in [0.4, 0.5) is 42.4 Å². The van der Waals surface area contributed by atoms with Gasteiger partial charge in [-0.1, -0.05) is 6.07 Å². The smallest absolute Gasteiger partial charge is 0.417 e. The van der Waals surface area contributed by atoms with Gasteiger partial charge in [0.15, 0.2) is 5.82 Å². The molecule has 52 heavy (non-hydrogen) atoms. The minimum absolute atomic E-state index is 0.0855. The van der Waals surface area contributed by atoms with E-state index in [4.69, 9.17) is 21.1 Å². The Morgan fingerprint density at radius 3 is 2.35 bits per heavy atom. The number of likely N-dealkylation sites (tertiary alicyclic amines) is 1. The van der Waals surface area contributed by atoms with Crippen molar-refractivity contribution in [1.82, 2.24) is 14.9 Å². The Balaban J connectivity index is 1.72. The third-order valence-electron chi connectivity index (χ3n) is 8.33. The third kappa shape index (κ3) is 7.52. The van der Waals surface area contributed by atoms with E-state index in [1.54, 1.807) is 60.3 Å². The molecular formula is C35H36ClF5N6O4S. The molecule has 1 N–H and O–H groups in total. The second-order valence-electron chi connectivity index (χ2n) is 14.2. The van der Waals surface area contributed by atoms with Gasteiger partial charge in [-0.05, 0) is 91.1 Å². The number of hydrogen-bond donors (Lipinski definition) is 1. The number of anilines is 2. The molecule has 3 heterocycles. The number of thiophene rings is 1. The van der Waals surface area contributed by atoms with Gasteiger partial charge in [0, 0.05) is 29.4 Å². The lowest BCUT2D eigenvalue weighted by Crippen LogP contribution is -2.47. The molecule has 2 aromatic carbocycles. The summed E-state index contributed by atoms with van der Waals surface area (Å²) in [6.07, 6.45) is -6.32. The fourth-order valence-electron chi connectivity index (χ4n) is 6.32. The number of likely N-dealkylation sites (N-methyl/N-ethyl adjacent to an activating group) is 1. The average molecular weight is 767 g/mol. The van der Waals surface area contributed by atoms with E-state index in [9.17, 15) is 14.9 Å². The Kier molecular flexibility index (Phi) is 10.3. The number of carbonyl (C=O) groups excluding carboxylic acids is 2. The molecule has 278 valence electrons. The van der Waals surface area contributed by atoms with E-state index in [0.717, 1.165) is 12.1 Å². The summed E-state index contributed by atoms with van der Waals surface area (Å²) in [7, 11) is 0. The molecule has 2 aromatic heterocycles. The Labute approximate surface area is 305 Å². The van der Waals surface area contributed by atoms with Crippen LogP contribution in [0.1, 0.15) is 72.9 Å². The first-order valence-corrected chi connectivity index (χ1v) is 17.4. The maximum Gasteiger partial charge on any atom is 0.417 e. The SMILES string of the molecule is CCN(c1nc(Cl)nc2c(F)c(-c3ccc(F)c4sc(NC(=O)OC(C)(C)C)c(C#N)c34)c(C(F)(F)F)cc12)[C@@H]1CCN(C(=O)OC(C)(C)C)[C@@H]1C. The van der Waals surface area contributed by atoms with E-state index in [1.165, 1.54) is 4.90 Å². The number of nitrogens with one attached hydrogen (secondary N) is 1. The lowest BCUT2D eigenvalue weighted by molar-refractivity contribution is -0.137. The molecule has 4 aromatic rings. The van der Waals surface area contributed by atoms with Crippen LogP contribution in [0, 0.1) is 23.0 Å². The Morgan fingerprint density at radius 2 is 1.77 bits per heavy atom. The maximum absolute atomic E-state index is 16.9. The van der Waals surface area contributed by atoms with Crippen LogP contribution in [0.5, 0.6) is 0 Å². The molecule has 1 fully saturated rings. The van der Waals surface area contributed by atoms with Crippen LogP contribution in [0.15, 0.2) is 18.2 Å². The van der Waals surface area contributed by atoms with Crippen molar-refractivity contribution in [2.75, 3.05) is 23.3 Å². The van der Waals surface area contributed by atoms with Gasteiger partial charge in [0.2, 0.25) is 5.28 Å². The lowest BCUT2D eigenvalue weighted by atomic mass is 9.92. The highest BCUT2D eigenvalue weighted by molar-refractivity contribution is 7.23. The third-order valence-corrected chi connectivity index (χ3v) is 9.61. The number of aromatic nitrogens is 2. The molecule has 0 bridgehead atoms. The van der Waals surface area contributed by atoms with Crippen molar-refractivity contribution in [3.8, 4) is 17.2 Å². The number of amides is 2. The number of carbonyl (C=O) groups is 2. The predicted molar refractivity (Wildman–Crippen MR) is 189 cm³/mol. The number of rotatable bonds is 5. The van der Waals surface area contributed by atoms with Crippen LogP contribution in [-0.2, 0) is 15.7 Å². The van der Waals surface area contributed by atoms with E-state index in [-0.39, 0.29) is 39.4 Å². The standard InChI is InChI=1S/C35H36ClF5N6O4S/c1-9-46(22-12-13-47(16(22)2)32(49)51-34(6,7)8)28-18-14-20(35(39,40)41)24(25(38)26(18)43-30(36)44-28)17-10-11-21(37)27-23(17)19(15-42)29(52-27)45-31(48)50-33(3,4)5/h10-11,14,16,22H,9,12-13H2,1-8H3,(H,45,48)/t16-,22-/m1/s1. The van der Waals surface area contributed by atoms with Crippen LogP contribution in [0.2, 0.25) is 5.28 Å². The summed E-state index contributed by atoms with van der Waals surface area (Å²) in [4.78, 5) is 37.0. The summed E-state index contributed by atoms with van der Waals surface area (Å²) < 4.78 is 87.8. The molecule has 0 saturated carbocycles. The van der Waals surface area contributed by atoms with Crippen LogP contribution < -0.4 is 10.2 Å².